The molecule has 0 N–H and O–H groups in total. The van der Waals surface area contributed by atoms with Crippen LogP contribution in [0.2, 0.25) is 38.3 Å². The summed E-state index contributed by atoms with van der Waals surface area (Å²) < 4.78 is 40.2. The molecule has 1 saturated heterocycles. The Morgan fingerprint density at radius 3 is 2.00 bits per heavy atom. The van der Waals surface area contributed by atoms with Crippen LogP contribution >= 0.6 is 0 Å². The molecule has 0 aliphatic carbocycles. The predicted octanol–water partition coefficient (Wildman–Crippen LogP) is 1.84. The fourth-order valence-corrected chi connectivity index (χ4v) is 17.1. The minimum Gasteiger partial charge on any atom is -0.417 e. The molecule has 0 spiro atoms. The third-order valence-corrected chi connectivity index (χ3v) is 19.2. The minimum atomic E-state index is -2.61. The summed E-state index contributed by atoms with van der Waals surface area (Å²) in [5.41, 5.74) is 0. The molecule has 0 amide bonds. The van der Waals surface area contributed by atoms with Gasteiger partial charge < -0.3 is 29.7 Å². The third-order valence-electron chi connectivity index (χ3n) is 4.11. The van der Waals surface area contributed by atoms with Crippen molar-refractivity contribution in [3.63, 3.8) is 0 Å². The van der Waals surface area contributed by atoms with Crippen molar-refractivity contribution in [2.75, 3.05) is 21.3 Å². The second kappa shape index (κ2) is 11.5. The Balaban J connectivity index is 2.46. The molecule has 1 heterocycles. The average molecular weight is 457 g/mol. The van der Waals surface area contributed by atoms with Gasteiger partial charge in [-0.2, -0.15) is 0 Å². The van der Waals surface area contributed by atoms with Gasteiger partial charge in [0.1, 0.15) is 5.78 Å². The molecule has 1 aliphatic heterocycles. The van der Waals surface area contributed by atoms with E-state index in [1.807, 2.05) is 26.2 Å². The van der Waals surface area contributed by atoms with Gasteiger partial charge in [-0.1, -0.05) is 0 Å². The highest BCUT2D eigenvalue weighted by Crippen LogP contribution is 2.23. The van der Waals surface area contributed by atoms with Gasteiger partial charge in [-0.05, 0) is 38.7 Å². The lowest BCUT2D eigenvalue weighted by atomic mass is 10.2. The summed E-state index contributed by atoms with van der Waals surface area (Å²) in [6.45, 7) is 7.93. The summed E-state index contributed by atoms with van der Waals surface area (Å²) in [4.78, 5) is 12.3. The molecular formula is C13H32O8Si5. The van der Waals surface area contributed by atoms with Gasteiger partial charge in [0.15, 0.2) is 0 Å². The smallest absolute Gasteiger partial charge is 0.417 e. The SMILES string of the molecule is CO[Si](CCCC(=O)CC[Si]1(C)O[Si](C)O[SiH](C)O[Si](C)O1)(OC)OC. The molecule has 0 atom stereocenters. The molecule has 0 unspecified atom stereocenters. The van der Waals surface area contributed by atoms with Crippen molar-refractivity contribution in [1.29, 1.82) is 0 Å². The van der Waals surface area contributed by atoms with Gasteiger partial charge in [-0.3, -0.25) is 4.79 Å². The van der Waals surface area contributed by atoms with Crippen LogP contribution < -0.4 is 0 Å². The van der Waals surface area contributed by atoms with E-state index in [1.165, 1.54) is 0 Å². The van der Waals surface area contributed by atoms with E-state index < -0.39 is 45.2 Å². The van der Waals surface area contributed by atoms with Crippen LogP contribution in [0.15, 0.2) is 0 Å². The molecule has 1 aliphatic rings. The van der Waals surface area contributed by atoms with Gasteiger partial charge in [0.05, 0.1) is 0 Å². The van der Waals surface area contributed by atoms with E-state index in [0.29, 0.717) is 31.4 Å². The molecule has 0 aromatic carbocycles. The first-order valence-electron chi connectivity index (χ1n) is 8.73. The Kier molecular flexibility index (Phi) is 10.8. The van der Waals surface area contributed by atoms with Gasteiger partial charge in [0.25, 0.3) is 9.28 Å². The van der Waals surface area contributed by atoms with E-state index in [9.17, 15) is 4.79 Å². The molecule has 1 fully saturated rings. The number of hydrogen-bond donors (Lipinski definition) is 0. The number of ketones is 1. The lowest BCUT2D eigenvalue weighted by Gasteiger charge is -2.35. The Labute approximate surface area is 164 Å². The molecule has 0 aromatic heterocycles. The van der Waals surface area contributed by atoms with Crippen LogP contribution in [0.4, 0.5) is 0 Å². The maximum absolute atomic E-state index is 12.3. The first kappa shape index (κ1) is 24.5. The van der Waals surface area contributed by atoms with Crippen LogP contribution in [0.3, 0.4) is 0 Å². The summed E-state index contributed by atoms with van der Waals surface area (Å²) in [6.07, 6.45) is 1.60. The molecule has 2 radical (unpaired) electrons. The zero-order chi connectivity index (χ0) is 19.8. The van der Waals surface area contributed by atoms with Crippen LogP contribution in [-0.4, -0.2) is 72.3 Å². The summed E-state index contributed by atoms with van der Waals surface area (Å²) >= 11 is 0. The zero-order valence-electron chi connectivity index (χ0n) is 16.9. The topological polar surface area (TPSA) is 81.7 Å². The van der Waals surface area contributed by atoms with Crippen LogP contribution in [0.5, 0.6) is 0 Å². The summed E-state index contributed by atoms with van der Waals surface area (Å²) in [7, 11) is -4.75. The number of rotatable bonds is 10. The monoisotopic (exact) mass is 456 g/mol. The molecule has 0 aromatic rings. The fourth-order valence-electron chi connectivity index (χ4n) is 2.82. The first-order valence-corrected chi connectivity index (χ1v) is 18.9. The Bertz CT molecular complexity index is 416. The highest BCUT2D eigenvalue weighted by atomic mass is 28.5. The van der Waals surface area contributed by atoms with Crippen molar-refractivity contribution in [2.45, 2.75) is 57.5 Å². The number of Topliss-reactive ketones (excluding diaryl/α,β-unsaturated/α-hetero) is 1. The second-order valence-electron chi connectivity index (χ2n) is 6.31. The van der Waals surface area contributed by atoms with Gasteiger partial charge in [0, 0.05) is 40.2 Å². The number of carbonyl (C=O) groups excluding carboxylic acids is 1. The fraction of sp³-hybridized carbons (Fsp3) is 0.923. The molecule has 0 saturated carbocycles. The number of hydrogen-bond acceptors (Lipinski definition) is 8. The van der Waals surface area contributed by atoms with E-state index >= 15 is 0 Å². The third kappa shape index (κ3) is 8.23. The van der Waals surface area contributed by atoms with Crippen molar-refractivity contribution in [3.05, 3.63) is 0 Å². The van der Waals surface area contributed by atoms with Gasteiger partial charge in [-0.25, -0.2) is 0 Å². The van der Waals surface area contributed by atoms with Crippen LogP contribution in [0.25, 0.3) is 0 Å². The molecule has 26 heavy (non-hydrogen) atoms. The lowest BCUT2D eigenvalue weighted by Crippen LogP contribution is -2.53. The van der Waals surface area contributed by atoms with Gasteiger partial charge in [-0.15, -0.1) is 0 Å². The zero-order valence-corrected chi connectivity index (χ0v) is 22.0. The van der Waals surface area contributed by atoms with Crippen molar-refractivity contribution in [2.24, 2.45) is 0 Å². The summed E-state index contributed by atoms with van der Waals surface area (Å²) in [6, 6.07) is 1.25. The largest absolute Gasteiger partial charge is 0.500 e. The highest BCUT2D eigenvalue weighted by Gasteiger charge is 2.41. The van der Waals surface area contributed by atoms with Gasteiger partial charge in [0.2, 0.25) is 0 Å². The predicted molar refractivity (Wildman–Crippen MR) is 107 cm³/mol. The Morgan fingerprint density at radius 2 is 1.54 bits per heavy atom. The maximum atomic E-state index is 12.3. The van der Waals surface area contributed by atoms with Crippen molar-refractivity contribution in [1.82, 2.24) is 0 Å². The quantitative estimate of drug-likeness (QED) is 0.461. The minimum absolute atomic E-state index is 0.193. The van der Waals surface area contributed by atoms with E-state index in [1.54, 1.807) is 21.3 Å². The Hall–Kier alpha value is 0.474. The second-order valence-corrected chi connectivity index (χ2v) is 18.8. The van der Waals surface area contributed by atoms with Crippen LogP contribution in [-0.2, 0) is 34.5 Å². The molecular weight excluding hydrogens is 425 g/mol. The van der Waals surface area contributed by atoms with E-state index in [2.05, 4.69) is 0 Å². The maximum Gasteiger partial charge on any atom is 0.500 e. The average Bonchev–Trinajstić information content (AvgIpc) is 2.55. The normalized spacial score (nSPS) is 26.5. The van der Waals surface area contributed by atoms with Crippen LogP contribution in [0.1, 0.15) is 19.3 Å². The summed E-state index contributed by atoms with van der Waals surface area (Å²) in [5.74, 6) is 0.193. The van der Waals surface area contributed by atoms with Crippen LogP contribution in [0, 0.1) is 0 Å². The lowest BCUT2D eigenvalue weighted by molar-refractivity contribution is -0.118. The van der Waals surface area contributed by atoms with Crippen molar-refractivity contribution in [3.8, 4) is 0 Å². The Morgan fingerprint density at radius 1 is 1.04 bits per heavy atom. The molecule has 8 nitrogen and oxygen atoms in total. The van der Waals surface area contributed by atoms with Crippen molar-refractivity contribution < 1.29 is 34.5 Å². The molecule has 0 bridgehead atoms. The van der Waals surface area contributed by atoms with Crippen molar-refractivity contribution >= 4 is 51.0 Å². The standard InChI is InChI=1S/C13H32O8Si5/c1-15-26(16-2,17-3)11-8-9-13(14)10-12-25(7)20-23(5)18-22(4)19-24(6)21-25/h22H,8-12H2,1-7H3. The molecule has 13 heteroatoms. The van der Waals surface area contributed by atoms with E-state index in [-0.39, 0.29) is 5.78 Å². The molecule has 1 rings (SSSR count). The first-order chi connectivity index (χ1) is 12.2. The van der Waals surface area contributed by atoms with E-state index in [0.717, 1.165) is 0 Å². The summed E-state index contributed by atoms with van der Waals surface area (Å²) in [5, 5.41) is 0. The molecule has 152 valence electrons. The highest BCUT2D eigenvalue weighted by molar-refractivity contribution is 6.81. The van der Waals surface area contributed by atoms with E-state index in [4.69, 9.17) is 29.7 Å². The number of carbonyl (C=O) groups is 1. The van der Waals surface area contributed by atoms with Gasteiger partial charge >= 0.3 is 35.9 Å².